The second-order valence-corrected chi connectivity index (χ2v) is 11.3. The molecule has 0 saturated carbocycles. The number of carbonyl (C=O) groups is 3. The molecule has 0 amide bonds. The molecule has 0 aromatic heterocycles. The van der Waals surface area contributed by atoms with Gasteiger partial charge in [-0.3, -0.25) is 14.4 Å². The molecule has 1 heterocycles. The minimum absolute atomic E-state index is 0. The summed E-state index contributed by atoms with van der Waals surface area (Å²) in [6, 6.07) is 5.14. The van der Waals surface area contributed by atoms with Crippen LogP contribution in [0, 0.1) is 0 Å². The highest BCUT2D eigenvalue weighted by Crippen LogP contribution is 2.54. The SMILES string of the molecule is CC[C@@]1(O)C[C@H](OC2C[C@H](N(C)C)[C@@H](O)[C@H](C)O2)c2c(cc3c(c2O)C(=O)c2c(O)cccc2C3=O)[C@H]1C(=O)OC.Cl. The monoisotopic (exact) mass is 605 g/mol. The van der Waals surface area contributed by atoms with Crippen molar-refractivity contribution in [2.75, 3.05) is 21.2 Å². The Hall–Kier alpha value is -3.06. The number of phenolic OH excluding ortho intramolecular Hbond substituents is 2. The third kappa shape index (κ3) is 4.87. The number of methoxy groups -OCH3 is 1. The van der Waals surface area contributed by atoms with Gasteiger partial charge < -0.3 is 39.5 Å². The first-order chi connectivity index (χ1) is 19.3. The molecule has 2 aromatic carbocycles. The van der Waals surface area contributed by atoms with E-state index in [4.69, 9.17) is 14.2 Å². The van der Waals surface area contributed by atoms with E-state index < -0.39 is 65.2 Å². The molecule has 12 heteroatoms. The molecule has 3 aliphatic rings. The van der Waals surface area contributed by atoms with E-state index in [0.29, 0.717) is 0 Å². The molecule has 11 nitrogen and oxygen atoms in total. The van der Waals surface area contributed by atoms with Gasteiger partial charge in [0, 0.05) is 35.6 Å². The van der Waals surface area contributed by atoms with E-state index in [1.54, 1.807) is 13.8 Å². The summed E-state index contributed by atoms with van der Waals surface area (Å²) in [6.45, 7) is 3.41. The summed E-state index contributed by atoms with van der Waals surface area (Å²) in [5, 5.41) is 44.5. The third-order valence-corrected chi connectivity index (χ3v) is 8.77. The van der Waals surface area contributed by atoms with Gasteiger partial charge in [0.15, 0.2) is 12.1 Å². The smallest absolute Gasteiger partial charge is 0.316 e. The molecule has 1 aliphatic heterocycles. The zero-order chi connectivity index (χ0) is 30.0. The Morgan fingerprint density at radius 1 is 1.14 bits per heavy atom. The summed E-state index contributed by atoms with van der Waals surface area (Å²) in [5.41, 5.74) is -2.27. The van der Waals surface area contributed by atoms with Crippen LogP contribution in [-0.4, -0.2) is 94.2 Å². The number of rotatable bonds is 5. The van der Waals surface area contributed by atoms with E-state index in [2.05, 4.69) is 0 Å². The second-order valence-electron chi connectivity index (χ2n) is 11.3. The number of ketones is 2. The lowest BCUT2D eigenvalue weighted by Crippen LogP contribution is -2.54. The quantitative estimate of drug-likeness (QED) is 0.316. The average Bonchev–Trinajstić information content (AvgIpc) is 2.92. The summed E-state index contributed by atoms with van der Waals surface area (Å²) < 4.78 is 17.3. The van der Waals surface area contributed by atoms with Crippen LogP contribution in [0.1, 0.15) is 88.1 Å². The van der Waals surface area contributed by atoms with Gasteiger partial charge in [-0.2, -0.15) is 0 Å². The molecule has 0 spiro atoms. The van der Waals surface area contributed by atoms with Gasteiger partial charge >= 0.3 is 5.97 Å². The number of aromatic hydroxyl groups is 2. The van der Waals surface area contributed by atoms with Crippen LogP contribution >= 0.6 is 12.4 Å². The Kier molecular flexibility index (Phi) is 8.77. The molecule has 7 atom stereocenters. The van der Waals surface area contributed by atoms with Gasteiger partial charge in [0.1, 0.15) is 17.4 Å². The van der Waals surface area contributed by atoms with Gasteiger partial charge in [-0.15, -0.1) is 12.4 Å². The number of aliphatic hydroxyl groups is 2. The summed E-state index contributed by atoms with van der Waals surface area (Å²) in [4.78, 5) is 42.1. The topological polar surface area (TPSA) is 163 Å². The number of fused-ring (bicyclic) bond motifs is 3. The maximum absolute atomic E-state index is 13.6. The van der Waals surface area contributed by atoms with Crippen molar-refractivity contribution in [2.24, 2.45) is 0 Å². The molecule has 1 fully saturated rings. The van der Waals surface area contributed by atoms with Crippen molar-refractivity contribution < 1.29 is 49.0 Å². The molecule has 228 valence electrons. The van der Waals surface area contributed by atoms with Crippen molar-refractivity contribution in [1.82, 2.24) is 4.90 Å². The maximum Gasteiger partial charge on any atom is 0.316 e. The molecule has 2 aromatic rings. The number of esters is 1. The number of hydrogen-bond acceptors (Lipinski definition) is 11. The number of carbonyl (C=O) groups excluding carboxylic acids is 3. The second kappa shape index (κ2) is 11.6. The number of halogens is 1. The van der Waals surface area contributed by atoms with Crippen molar-refractivity contribution in [3.05, 3.63) is 57.6 Å². The van der Waals surface area contributed by atoms with Crippen molar-refractivity contribution in [1.29, 1.82) is 0 Å². The highest BCUT2D eigenvalue weighted by molar-refractivity contribution is 6.30. The predicted octanol–water partition coefficient (Wildman–Crippen LogP) is 2.58. The first-order valence-corrected chi connectivity index (χ1v) is 13.6. The van der Waals surface area contributed by atoms with Crippen molar-refractivity contribution in [2.45, 2.75) is 75.3 Å². The van der Waals surface area contributed by atoms with Gasteiger partial charge in [-0.25, -0.2) is 0 Å². The van der Waals surface area contributed by atoms with Crippen LogP contribution in [0.5, 0.6) is 11.5 Å². The molecule has 1 unspecified atom stereocenters. The Morgan fingerprint density at radius 2 is 1.83 bits per heavy atom. The Morgan fingerprint density at radius 3 is 2.45 bits per heavy atom. The first kappa shape index (κ1) is 31.9. The minimum Gasteiger partial charge on any atom is -0.507 e. The Labute approximate surface area is 249 Å². The van der Waals surface area contributed by atoms with Crippen molar-refractivity contribution >= 4 is 29.9 Å². The van der Waals surface area contributed by atoms with E-state index in [-0.39, 0.29) is 71.1 Å². The van der Waals surface area contributed by atoms with Crippen LogP contribution in [0.15, 0.2) is 24.3 Å². The molecule has 0 radical (unpaired) electrons. The van der Waals surface area contributed by atoms with E-state index >= 15 is 0 Å². The highest BCUT2D eigenvalue weighted by atomic mass is 35.5. The van der Waals surface area contributed by atoms with E-state index in [1.165, 1.54) is 31.4 Å². The molecule has 2 aliphatic carbocycles. The third-order valence-electron chi connectivity index (χ3n) is 8.77. The molecular weight excluding hydrogens is 570 g/mol. The van der Waals surface area contributed by atoms with Crippen LogP contribution < -0.4 is 0 Å². The highest BCUT2D eigenvalue weighted by Gasteiger charge is 2.53. The van der Waals surface area contributed by atoms with Gasteiger partial charge in [-0.1, -0.05) is 19.1 Å². The average molecular weight is 606 g/mol. The maximum atomic E-state index is 13.6. The number of likely N-dealkylation sites (N-methyl/N-ethyl adjacent to an activating group) is 1. The summed E-state index contributed by atoms with van der Waals surface area (Å²) in [7, 11) is 4.82. The summed E-state index contributed by atoms with van der Waals surface area (Å²) in [6.07, 6.45) is -3.09. The lowest BCUT2D eigenvalue weighted by molar-refractivity contribution is -0.258. The number of benzene rings is 2. The summed E-state index contributed by atoms with van der Waals surface area (Å²) in [5.74, 6) is -4.42. The fourth-order valence-corrected chi connectivity index (χ4v) is 6.50. The van der Waals surface area contributed by atoms with E-state index in [9.17, 15) is 34.8 Å². The Balaban J connectivity index is 0.00000405. The molecule has 4 N–H and O–H groups in total. The fourth-order valence-electron chi connectivity index (χ4n) is 6.50. The molecule has 0 bridgehead atoms. The van der Waals surface area contributed by atoms with Crippen molar-refractivity contribution in [3.63, 3.8) is 0 Å². The van der Waals surface area contributed by atoms with E-state index in [1.807, 2.05) is 19.0 Å². The zero-order valence-electron chi connectivity index (χ0n) is 24.0. The normalized spacial score (nSPS) is 30.2. The Bertz CT molecular complexity index is 1430. The van der Waals surface area contributed by atoms with Gasteiger partial charge in [0.2, 0.25) is 5.78 Å². The number of aliphatic hydroxyl groups excluding tert-OH is 1. The van der Waals surface area contributed by atoms with Crippen LogP contribution in [-0.2, 0) is 19.0 Å². The fraction of sp³-hybridized carbons (Fsp3) is 0.500. The van der Waals surface area contributed by atoms with Crippen molar-refractivity contribution in [3.8, 4) is 11.5 Å². The van der Waals surface area contributed by atoms with Gasteiger partial charge in [0.05, 0.1) is 42.1 Å². The molecular formula is C30H36ClNO10. The molecule has 42 heavy (non-hydrogen) atoms. The zero-order valence-corrected chi connectivity index (χ0v) is 24.8. The van der Waals surface area contributed by atoms with Crippen LogP contribution in [0.25, 0.3) is 0 Å². The number of hydrogen-bond donors (Lipinski definition) is 4. The van der Waals surface area contributed by atoms with Crippen LogP contribution in [0.2, 0.25) is 0 Å². The molecule has 5 rings (SSSR count). The largest absolute Gasteiger partial charge is 0.507 e. The minimum atomic E-state index is -1.69. The van der Waals surface area contributed by atoms with Crippen LogP contribution in [0.3, 0.4) is 0 Å². The lowest BCUT2D eigenvalue weighted by Gasteiger charge is -2.46. The lowest BCUT2D eigenvalue weighted by atomic mass is 9.67. The number of ether oxygens (including phenoxy) is 3. The van der Waals surface area contributed by atoms with Gasteiger partial charge in [0.25, 0.3) is 0 Å². The van der Waals surface area contributed by atoms with Crippen LogP contribution in [0.4, 0.5) is 0 Å². The first-order valence-electron chi connectivity index (χ1n) is 13.6. The summed E-state index contributed by atoms with van der Waals surface area (Å²) >= 11 is 0. The number of phenols is 2. The predicted molar refractivity (Wildman–Crippen MR) is 151 cm³/mol. The van der Waals surface area contributed by atoms with Gasteiger partial charge in [-0.05, 0) is 45.1 Å². The standard InChI is InChI=1S/C30H35NO10.ClH/c1-6-30(38)12-19(41-20-11-17(31(3)4)25(33)13(2)40-20)22-15(24(30)29(37)39-5)10-16-23(28(22)36)27(35)21-14(26(16)34)8-7-9-18(21)32;/h7-10,13,17,19-20,24-25,32-33,36,38H,6,11-12H2,1-5H3;1H/t13-,17-,19-,20?,24-,25-,30+;/m0./s1. The number of nitrogens with zero attached hydrogens (tertiary/aromatic N) is 1. The van der Waals surface area contributed by atoms with E-state index in [0.717, 1.165) is 0 Å². The molecule has 1 saturated heterocycles.